The molecule has 1 aliphatic carbocycles. The van der Waals surface area contributed by atoms with Gasteiger partial charge >= 0.3 is 0 Å². The van der Waals surface area contributed by atoms with Crippen LogP contribution in [0.4, 0.5) is 0 Å². The number of rotatable bonds is 20. The molecule has 48 heavy (non-hydrogen) atoms. The third-order valence-corrected chi connectivity index (χ3v) is 12.2. The van der Waals surface area contributed by atoms with Crippen LogP contribution < -0.4 is 14.8 Å². The Labute approximate surface area is 288 Å². The van der Waals surface area contributed by atoms with Gasteiger partial charge in [-0.25, -0.2) is 13.4 Å². The largest absolute Gasteiger partial charge is 0.473 e. The molecule has 2 aliphatic rings. The van der Waals surface area contributed by atoms with Gasteiger partial charge < -0.3 is 19.9 Å². The number of methoxy groups -OCH3 is 1. The molecule has 2 unspecified atom stereocenters. The summed E-state index contributed by atoms with van der Waals surface area (Å²) in [6, 6.07) is 1.08. The molecule has 0 aromatic carbocycles. The highest BCUT2D eigenvalue weighted by atomic mass is 32.2. The van der Waals surface area contributed by atoms with E-state index < -0.39 is 51.0 Å². The number of aromatic nitrogens is 1. The van der Waals surface area contributed by atoms with Crippen molar-refractivity contribution < 1.29 is 32.6 Å². The zero-order valence-corrected chi connectivity index (χ0v) is 31.1. The minimum Gasteiger partial charge on any atom is -0.473 e. The summed E-state index contributed by atoms with van der Waals surface area (Å²) in [4.78, 5) is 33.8. The number of sulfonamides is 1. The van der Waals surface area contributed by atoms with Gasteiger partial charge in [0, 0.05) is 38.4 Å². The van der Waals surface area contributed by atoms with E-state index in [1.807, 2.05) is 13.0 Å². The van der Waals surface area contributed by atoms with E-state index in [0.717, 1.165) is 43.2 Å². The van der Waals surface area contributed by atoms with Crippen LogP contribution in [0, 0.1) is 23.7 Å². The number of pyridine rings is 1. The number of hydrogen-bond acceptors (Lipinski definition) is 9. The topological polar surface area (TPSA) is 147 Å². The number of carbonyl (C=O) groups is 2. The van der Waals surface area contributed by atoms with Crippen molar-refractivity contribution in [2.75, 3.05) is 20.3 Å². The zero-order valence-electron chi connectivity index (χ0n) is 30.3. The Morgan fingerprint density at radius 3 is 2.46 bits per heavy atom. The van der Waals surface area contributed by atoms with Crippen LogP contribution in [-0.4, -0.2) is 84.6 Å². The number of aliphatic hydroxyl groups is 1. The summed E-state index contributed by atoms with van der Waals surface area (Å²) in [5.41, 5.74) is 0.532. The highest BCUT2D eigenvalue weighted by Crippen LogP contribution is 2.44. The molecule has 1 aromatic rings. The number of hydrogen-bond donors (Lipinski definition) is 3. The molecule has 1 saturated heterocycles. The fourth-order valence-corrected chi connectivity index (χ4v) is 8.30. The summed E-state index contributed by atoms with van der Waals surface area (Å²) < 4.78 is 40.1. The number of amides is 2. The van der Waals surface area contributed by atoms with Crippen molar-refractivity contribution in [2.45, 2.75) is 129 Å². The van der Waals surface area contributed by atoms with Crippen LogP contribution >= 0.6 is 0 Å². The van der Waals surface area contributed by atoms with Gasteiger partial charge in [-0.3, -0.25) is 19.2 Å². The average molecular weight is 693 g/mol. The third kappa shape index (κ3) is 9.79. The van der Waals surface area contributed by atoms with E-state index in [9.17, 15) is 23.1 Å². The smallest absolute Gasteiger partial charge is 0.259 e. The van der Waals surface area contributed by atoms with Crippen LogP contribution in [0.25, 0.3) is 6.08 Å². The molecule has 0 bridgehead atoms. The van der Waals surface area contributed by atoms with Crippen molar-refractivity contribution >= 4 is 27.9 Å². The zero-order chi connectivity index (χ0) is 35.8. The first kappa shape index (κ1) is 39.9. The van der Waals surface area contributed by atoms with Crippen LogP contribution in [0.5, 0.6) is 5.88 Å². The highest BCUT2D eigenvalue weighted by molar-refractivity contribution is 7.90. The quantitative estimate of drug-likeness (QED) is 0.177. The molecule has 2 fully saturated rings. The average Bonchev–Trinajstić information content (AvgIpc) is 3.47. The monoisotopic (exact) mass is 692 g/mol. The molecule has 1 aliphatic heterocycles. The maximum atomic E-state index is 14.1. The molecule has 3 rings (SSSR count). The van der Waals surface area contributed by atoms with E-state index in [4.69, 9.17) is 9.47 Å². The third-order valence-electron chi connectivity index (χ3n) is 10.2. The Morgan fingerprint density at radius 2 is 1.90 bits per heavy atom. The predicted octanol–water partition coefficient (Wildman–Crippen LogP) is 4.68. The Balaban J connectivity index is 1.88. The second-order valence-electron chi connectivity index (χ2n) is 14.5. The molecule has 2 heterocycles. The molecular weight excluding hydrogens is 632 g/mol. The Bertz CT molecular complexity index is 1360. The van der Waals surface area contributed by atoms with E-state index in [0.29, 0.717) is 31.2 Å². The Hall–Kier alpha value is -2.54. The Morgan fingerprint density at radius 1 is 1.21 bits per heavy atom. The molecule has 1 saturated carbocycles. The molecule has 11 nitrogen and oxygen atoms in total. The summed E-state index contributed by atoms with van der Waals surface area (Å²) in [6.07, 6.45) is 7.64. The number of aliphatic hydroxyl groups excluding tert-OH is 1. The van der Waals surface area contributed by atoms with E-state index in [-0.39, 0.29) is 30.7 Å². The van der Waals surface area contributed by atoms with E-state index in [1.165, 1.54) is 0 Å². The lowest BCUT2D eigenvalue weighted by Gasteiger charge is -2.32. The summed E-state index contributed by atoms with van der Waals surface area (Å²) in [5.74, 6) is -0.615. The van der Waals surface area contributed by atoms with Crippen molar-refractivity contribution in [3.05, 3.63) is 30.0 Å². The lowest BCUT2D eigenvalue weighted by atomic mass is 9.90. The highest BCUT2D eigenvalue weighted by Gasteiger charge is 2.60. The van der Waals surface area contributed by atoms with Gasteiger partial charge in [0.25, 0.3) is 5.91 Å². The number of carbonyl (C=O) groups excluding carboxylic acids is 2. The lowest BCUT2D eigenvalue weighted by Crippen LogP contribution is -2.57. The normalized spacial score (nSPS) is 25.2. The van der Waals surface area contributed by atoms with Crippen LogP contribution in [0.3, 0.4) is 0 Å². The fourth-order valence-electron chi connectivity index (χ4n) is 6.96. The first-order valence-electron chi connectivity index (χ1n) is 17.7. The number of ether oxygens (including phenoxy) is 2. The van der Waals surface area contributed by atoms with Gasteiger partial charge in [-0.15, -0.1) is 0 Å². The lowest BCUT2D eigenvalue weighted by molar-refractivity contribution is -0.135. The molecule has 8 atom stereocenters. The van der Waals surface area contributed by atoms with Gasteiger partial charge in [-0.05, 0) is 67.9 Å². The van der Waals surface area contributed by atoms with Gasteiger partial charge in [-0.2, -0.15) is 0 Å². The summed E-state index contributed by atoms with van der Waals surface area (Å²) in [5, 5.41) is 13.8. The van der Waals surface area contributed by atoms with Gasteiger partial charge in [0.05, 0.1) is 11.3 Å². The van der Waals surface area contributed by atoms with Crippen molar-refractivity contribution in [2.24, 2.45) is 23.7 Å². The first-order valence-corrected chi connectivity index (χ1v) is 19.3. The first-order chi connectivity index (χ1) is 22.6. The molecule has 0 radical (unpaired) electrons. The maximum Gasteiger partial charge on any atom is 0.259 e. The predicted molar refractivity (Wildman–Crippen MR) is 189 cm³/mol. The van der Waals surface area contributed by atoms with Gasteiger partial charge in [0.1, 0.15) is 17.9 Å². The minimum atomic E-state index is -3.94. The summed E-state index contributed by atoms with van der Waals surface area (Å²) in [7, 11) is -2.29. The Kier molecular flexibility index (Phi) is 14.5. The van der Waals surface area contributed by atoms with E-state index in [2.05, 4.69) is 42.4 Å². The molecular formula is C36H60N4O7S. The molecule has 3 N–H and O–H groups in total. The standard InChI is InChI=1S/C36H60N4O7S/c1-10-13-24(6)17-27(22-46-9)18-32(41)40-21-29(47-34-30(14-11-2)28(12-3)15-16-37-34)19-31(40)33(42)38-36(20-25(36)7)35(43)39-48(44,45)26(8)23(4)5/h12,15-16,23-27,29,31-32,41H,3,10-11,13-14,17-22H2,1-2,4-9H3,(H,38,42)(H,39,43)/t24-,25-,26?,27-,29-,31+,32?,36-/m1/s1. The van der Waals surface area contributed by atoms with Crippen LogP contribution in [0.2, 0.25) is 0 Å². The molecule has 1 aromatic heterocycles. The maximum absolute atomic E-state index is 14.1. The van der Waals surface area contributed by atoms with E-state index >= 15 is 0 Å². The minimum absolute atomic E-state index is 0.0750. The molecule has 12 heteroatoms. The number of likely N-dealkylation sites (tertiary alicyclic amines) is 1. The summed E-state index contributed by atoms with van der Waals surface area (Å²) in [6.45, 7) is 18.1. The second kappa shape index (κ2) is 17.4. The van der Waals surface area contributed by atoms with Crippen LogP contribution in [-0.2, 0) is 30.8 Å². The molecule has 2 amide bonds. The molecule has 0 spiro atoms. The van der Waals surface area contributed by atoms with Gasteiger partial charge in [-0.1, -0.05) is 73.5 Å². The number of nitrogens with zero attached hydrogens (tertiary/aromatic N) is 2. The second-order valence-corrected chi connectivity index (χ2v) is 16.5. The van der Waals surface area contributed by atoms with Crippen LogP contribution in [0.1, 0.15) is 105 Å². The van der Waals surface area contributed by atoms with E-state index in [1.54, 1.807) is 45.1 Å². The molecule has 272 valence electrons. The van der Waals surface area contributed by atoms with Crippen molar-refractivity contribution in [1.82, 2.24) is 19.9 Å². The van der Waals surface area contributed by atoms with Gasteiger partial charge in [0.2, 0.25) is 21.8 Å². The SMILES string of the molecule is C=Cc1ccnc(O[C@@H]2C[C@@H](C(=O)N[C@]3(C(=O)NS(=O)(=O)C(C)C(C)C)C[C@H]3C)N(C(O)C[C@H](COC)C[C@H](C)CCC)C2)c1CCC. The van der Waals surface area contributed by atoms with Crippen molar-refractivity contribution in [3.63, 3.8) is 0 Å². The van der Waals surface area contributed by atoms with Gasteiger partial charge in [0.15, 0.2) is 0 Å². The van der Waals surface area contributed by atoms with Crippen molar-refractivity contribution in [1.29, 1.82) is 0 Å². The van der Waals surface area contributed by atoms with Crippen molar-refractivity contribution in [3.8, 4) is 5.88 Å². The number of nitrogens with one attached hydrogen (secondary N) is 2. The fraction of sp³-hybridized carbons (Fsp3) is 0.750. The van der Waals surface area contributed by atoms with Crippen LogP contribution in [0.15, 0.2) is 18.8 Å². The summed E-state index contributed by atoms with van der Waals surface area (Å²) >= 11 is 0.